The molecule has 1 saturated heterocycles. The first kappa shape index (κ1) is 15.1. The second-order valence-corrected chi connectivity index (χ2v) is 5.02. The average molecular weight is 285 g/mol. The van der Waals surface area contributed by atoms with E-state index in [1.54, 1.807) is 13.8 Å². The van der Waals surface area contributed by atoms with E-state index in [4.69, 9.17) is 18.9 Å². The Balaban J connectivity index is 2.25. The van der Waals surface area contributed by atoms with Crippen LogP contribution < -0.4 is 0 Å². The highest BCUT2D eigenvalue weighted by molar-refractivity contribution is 6.16. The molecule has 7 heteroatoms. The van der Waals surface area contributed by atoms with Crippen molar-refractivity contribution in [3.05, 3.63) is 11.6 Å². The Labute approximate surface area is 117 Å². The van der Waals surface area contributed by atoms with Gasteiger partial charge in [0.25, 0.3) is 11.8 Å². The monoisotopic (exact) mass is 285 g/mol. The summed E-state index contributed by atoms with van der Waals surface area (Å²) < 4.78 is 22.2. The van der Waals surface area contributed by atoms with Gasteiger partial charge >= 0.3 is 0 Å². The van der Waals surface area contributed by atoms with Crippen molar-refractivity contribution in [3.8, 4) is 0 Å². The van der Waals surface area contributed by atoms with E-state index < -0.39 is 17.7 Å². The largest absolute Gasteiger partial charge is 0.349 e. The summed E-state index contributed by atoms with van der Waals surface area (Å²) in [7, 11) is 4.37. The molecule has 2 rings (SSSR count). The van der Waals surface area contributed by atoms with Crippen molar-refractivity contribution in [1.82, 2.24) is 4.90 Å². The molecule has 0 aromatic carbocycles. The standard InChI is InChI=1S/C13H19NO6/c1-12(17-4)13(2,18-5)20-9(7-19-12)8-6-10(15)14(3)11(8)16/h6,9H,7H2,1-5H3/t9-,12-,13-/m0/s1. The smallest absolute Gasteiger partial charge is 0.259 e. The summed E-state index contributed by atoms with van der Waals surface area (Å²) in [5.74, 6) is -3.05. The zero-order valence-corrected chi connectivity index (χ0v) is 12.3. The summed E-state index contributed by atoms with van der Waals surface area (Å²) in [6.45, 7) is 3.45. The van der Waals surface area contributed by atoms with Crippen LogP contribution in [0.1, 0.15) is 13.8 Å². The van der Waals surface area contributed by atoms with Gasteiger partial charge in [0.2, 0.25) is 11.6 Å². The summed E-state index contributed by atoms with van der Waals surface area (Å²) in [5.41, 5.74) is 0.263. The van der Waals surface area contributed by atoms with Crippen LogP contribution in [-0.4, -0.2) is 62.3 Å². The van der Waals surface area contributed by atoms with Gasteiger partial charge < -0.3 is 18.9 Å². The lowest BCUT2D eigenvalue weighted by atomic mass is 10.0. The molecule has 0 saturated carbocycles. The van der Waals surface area contributed by atoms with Crippen LogP contribution in [0.2, 0.25) is 0 Å². The normalized spacial score (nSPS) is 38.4. The molecule has 2 heterocycles. The van der Waals surface area contributed by atoms with E-state index in [0.29, 0.717) is 0 Å². The van der Waals surface area contributed by atoms with Crippen molar-refractivity contribution >= 4 is 11.8 Å². The first-order valence-corrected chi connectivity index (χ1v) is 6.23. The second-order valence-electron chi connectivity index (χ2n) is 5.02. The molecule has 1 fully saturated rings. The number of amides is 2. The van der Waals surface area contributed by atoms with Crippen LogP contribution in [0.25, 0.3) is 0 Å². The lowest BCUT2D eigenvalue weighted by Gasteiger charge is -2.48. The molecule has 0 aromatic rings. The number of carbonyl (C=O) groups is 2. The topological polar surface area (TPSA) is 74.3 Å². The molecule has 20 heavy (non-hydrogen) atoms. The minimum atomic E-state index is -1.20. The van der Waals surface area contributed by atoms with E-state index in [2.05, 4.69) is 0 Å². The molecule has 0 bridgehead atoms. The number of ether oxygens (including phenoxy) is 4. The Morgan fingerprint density at radius 3 is 2.30 bits per heavy atom. The van der Waals surface area contributed by atoms with Crippen molar-refractivity contribution < 1.29 is 28.5 Å². The Bertz CT molecular complexity index is 475. The van der Waals surface area contributed by atoms with Crippen molar-refractivity contribution in [1.29, 1.82) is 0 Å². The molecule has 2 aliphatic heterocycles. The van der Waals surface area contributed by atoms with Crippen LogP contribution in [-0.2, 0) is 28.5 Å². The van der Waals surface area contributed by atoms with Gasteiger partial charge in [-0.05, 0) is 13.8 Å². The molecular weight excluding hydrogens is 266 g/mol. The van der Waals surface area contributed by atoms with Gasteiger partial charge in [0.05, 0.1) is 12.2 Å². The Kier molecular flexibility index (Phi) is 3.72. The fraction of sp³-hybridized carbons (Fsp3) is 0.692. The first-order valence-electron chi connectivity index (χ1n) is 6.23. The van der Waals surface area contributed by atoms with E-state index in [0.717, 1.165) is 4.90 Å². The molecule has 0 aromatic heterocycles. The molecule has 2 aliphatic rings. The Morgan fingerprint density at radius 1 is 1.25 bits per heavy atom. The van der Waals surface area contributed by atoms with Gasteiger partial charge in [-0.2, -0.15) is 0 Å². The summed E-state index contributed by atoms with van der Waals surface area (Å²) in [6.07, 6.45) is 0.589. The third kappa shape index (κ3) is 2.07. The summed E-state index contributed by atoms with van der Waals surface area (Å²) in [5, 5.41) is 0. The molecule has 0 spiro atoms. The maximum Gasteiger partial charge on any atom is 0.259 e. The molecule has 0 unspecified atom stereocenters. The fourth-order valence-corrected chi connectivity index (χ4v) is 2.23. The lowest BCUT2D eigenvalue weighted by Crippen LogP contribution is -2.62. The van der Waals surface area contributed by atoms with Gasteiger partial charge in [0.15, 0.2) is 0 Å². The summed E-state index contributed by atoms with van der Waals surface area (Å²) >= 11 is 0. The molecule has 112 valence electrons. The van der Waals surface area contributed by atoms with Gasteiger partial charge in [0, 0.05) is 27.3 Å². The van der Waals surface area contributed by atoms with Crippen molar-refractivity contribution in [2.24, 2.45) is 0 Å². The number of rotatable bonds is 3. The SMILES string of the molecule is CO[C@@]1(C)OC[C@@H](C2=CC(=O)N(C)C2=O)O[C@]1(C)OC. The van der Waals surface area contributed by atoms with Crippen LogP contribution in [0.3, 0.4) is 0 Å². The van der Waals surface area contributed by atoms with E-state index in [-0.39, 0.29) is 24.0 Å². The Morgan fingerprint density at radius 2 is 1.85 bits per heavy atom. The van der Waals surface area contributed by atoms with Gasteiger partial charge in [-0.1, -0.05) is 0 Å². The van der Waals surface area contributed by atoms with E-state index in [1.165, 1.54) is 27.3 Å². The van der Waals surface area contributed by atoms with Crippen LogP contribution >= 0.6 is 0 Å². The average Bonchev–Trinajstić information content (AvgIpc) is 2.69. The molecule has 3 atom stereocenters. The first-order chi connectivity index (χ1) is 9.28. The lowest BCUT2D eigenvalue weighted by molar-refractivity contribution is -0.426. The molecule has 2 amide bonds. The molecular formula is C13H19NO6. The van der Waals surface area contributed by atoms with Gasteiger partial charge in [-0.3, -0.25) is 14.5 Å². The minimum Gasteiger partial charge on any atom is -0.349 e. The van der Waals surface area contributed by atoms with E-state index >= 15 is 0 Å². The van der Waals surface area contributed by atoms with E-state index in [9.17, 15) is 9.59 Å². The van der Waals surface area contributed by atoms with Crippen molar-refractivity contribution in [3.63, 3.8) is 0 Å². The third-order valence-corrected chi connectivity index (χ3v) is 3.99. The van der Waals surface area contributed by atoms with Gasteiger partial charge in [0.1, 0.15) is 6.10 Å². The van der Waals surface area contributed by atoms with Crippen molar-refractivity contribution in [2.45, 2.75) is 31.5 Å². The predicted octanol–water partition coefficient (Wildman–Crippen LogP) is 0.0520. The van der Waals surface area contributed by atoms with Crippen molar-refractivity contribution in [2.75, 3.05) is 27.9 Å². The van der Waals surface area contributed by atoms with Gasteiger partial charge in [-0.25, -0.2) is 0 Å². The molecule has 7 nitrogen and oxygen atoms in total. The number of likely N-dealkylation sites (N-methyl/N-ethyl adjacent to an activating group) is 1. The van der Waals surface area contributed by atoms with Crippen LogP contribution in [0.4, 0.5) is 0 Å². The molecule has 0 aliphatic carbocycles. The summed E-state index contributed by atoms with van der Waals surface area (Å²) in [6, 6.07) is 0. The zero-order chi connectivity index (χ0) is 15.1. The predicted molar refractivity (Wildman–Crippen MR) is 67.5 cm³/mol. The minimum absolute atomic E-state index is 0.0992. The van der Waals surface area contributed by atoms with Crippen LogP contribution in [0, 0.1) is 0 Å². The third-order valence-electron chi connectivity index (χ3n) is 3.99. The van der Waals surface area contributed by atoms with Crippen LogP contribution in [0.5, 0.6) is 0 Å². The quantitative estimate of drug-likeness (QED) is 0.682. The Hall–Kier alpha value is -1.28. The summed E-state index contributed by atoms with van der Waals surface area (Å²) in [4.78, 5) is 24.5. The molecule has 0 radical (unpaired) electrons. The second kappa shape index (κ2) is 4.92. The maximum atomic E-state index is 12.0. The number of nitrogens with zero attached hydrogens (tertiary/aromatic N) is 1. The maximum absolute atomic E-state index is 12.0. The number of hydrogen-bond acceptors (Lipinski definition) is 6. The highest BCUT2D eigenvalue weighted by Gasteiger charge is 2.55. The number of carbonyl (C=O) groups excluding carboxylic acids is 2. The highest BCUT2D eigenvalue weighted by Crippen LogP contribution is 2.38. The van der Waals surface area contributed by atoms with Crippen LogP contribution in [0.15, 0.2) is 11.6 Å². The number of hydrogen-bond donors (Lipinski definition) is 0. The molecule has 0 N–H and O–H groups in total. The highest BCUT2D eigenvalue weighted by atomic mass is 16.8. The van der Waals surface area contributed by atoms with E-state index in [1.807, 2.05) is 0 Å². The zero-order valence-electron chi connectivity index (χ0n) is 12.3. The number of imide groups is 1. The van der Waals surface area contributed by atoms with Gasteiger partial charge in [-0.15, -0.1) is 0 Å². The fourth-order valence-electron chi connectivity index (χ4n) is 2.23. The number of methoxy groups -OCH3 is 2.